The van der Waals surface area contributed by atoms with Gasteiger partial charge in [-0.1, -0.05) is 54.1 Å². The Bertz CT molecular complexity index is 1030. The standard InChI is InChI=1S/C21H18ClFN4S/c22-18-9-4-10-19(23)17(18)14-27-25-20(13-24-12-16-8-5-11-28-16)21(26-27)15-6-2-1-3-7-15/h1-11,24H,12-14H2. The minimum Gasteiger partial charge on any atom is -0.306 e. The Labute approximate surface area is 171 Å². The lowest BCUT2D eigenvalue weighted by Gasteiger charge is -2.04. The molecule has 0 atom stereocenters. The van der Waals surface area contributed by atoms with Crippen LogP contribution in [0.3, 0.4) is 0 Å². The predicted molar refractivity (Wildman–Crippen MR) is 111 cm³/mol. The minimum absolute atomic E-state index is 0.177. The molecular weight excluding hydrogens is 395 g/mol. The minimum atomic E-state index is -0.358. The highest BCUT2D eigenvalue weighted by Crippen LogP contribution is 2.23. The van der Waals surface area contributed by atoms with Crippen molar-refractivity contribution in [2.75, 3.05) is 0 Å². The van der Waals surface area contributed by atoms with Gasteiger partial charge in [0.1, 0.15) is 17.2 Å². The van der Waals surface area contributed by atoms with Gasteiger partial charge in [0.15, 0.2) is 0 Å². The second-order valence-corrected chi connectivity index (χ2v) is 7.71. The molecule has 2 aromatic carbocycles. The molecule has 0 saturated carbocycles. The van der Waals surface area contributed by atoms with Gasteiger partial charge in [0.05, 0.1) is 6.54 Å². The zero-order valence-corrected chi connectivity index (χ0v) is 16.6. The van der Waals surface area contributed by atoms with Gasteiger partial charge in [-0.2, -0.15) is 15.0 Å². The number of hydrogen-bond acceptors (Lipinski definition) is 4. The quantitative estimate of drug-likeness (QED) is 0.457. The first-order chi connectivity index (χ1) is 13.7. The van der Waals surface area contributed by atoms with Crippen molar-refractivity contribution in [3.63, 3.8) is 0 Å². The van der Waals surface area contributed by atoms with Gasteiger partial charge in [-0.3, -0.25) is 0 Å². The largest absolute Gasteiger partial charge is 0.306 e. The summed E-state index contributed by atoms with van der Waals surface area (Å²) in [5.74, 6) is -0.358. The number of thiophene rings is 1. The number of aromatic nitrogens is 3. The first kappa shape index (κ1) is 18.8. The van der Waals surface area contributed by atoms with Crippen molar-refractivity contribution in [2.24, 2.45) is 0 Å². The summed E-state index contributed by atoms with van der Waals surface area (Å²) < 4.78 is 14.2. The molecule has 2 heterocycles. The van der Waals surface area contributed by atoms with Crippen LogP contribution in [0.25, 0.3) is 11.3 Å². The summed E-state index contributed by atoms with van der Waals surface area (Å²) in [4.78, 5) is 2.77. The summed E-state index contributed by atoms with van der Waals surface area (Å²) >= 11 is 7.87. The summed E-state index contributed by atoms with van der Waals surface area (Å²) in [6.45, 7) is 1.50. The fourth-order valence-corrected chi connectivity index (χ4v) is 3.83. The van der Waals surface area contributed by atoms with E-state index in [2.05, 4.69) is 27.0 Å². The monoisotopic (exact) mass is 412 g/mol. The fraction of sp³-hybridized carbons (Fsp3) is 0.143. The predicted octanol–water partition coefficient (Wildman–Crippen LogP) is 5.14. The first-order valence-electron chi connectivity index (χ1n) is 8.86. The highest BCUT2D eigenvalue weighted by Gasteiger charge is 2.15. The molecule has 4 rings (SSSR count). The molecule has 0 bridgehead atoms. The molecule has 0 aliphatic heterocycles. The van der Waals surface area contributed by atoms with Crippen LogP contribution in [-0.4, -0.2) is 15.0 Å². The van der Waals surface area contributed by atoms with Crippen LogP contribution in [0.2, 0.25) is 5.02 Å². The third kappa shape index (κ3) is 4.30. The number of hydrogen-bond donors (Lipinski definition) is 1. The van der Waals surface area contributed by atoms with E-state index in [9.17, 15) is 4.39 Å². The Hall–Kier alpha value is -2.54. The Morgan fingerprint density at radius 2 is 1.82 bits per heavy atom. The van der Waals surface area contributed by atoms with Crippen molar-refractivity contribution < 1.29 is 4.39 Å². The van der Waals surface area contributed by atoms with E-state index in [1.165, 1.54) is 15.7 Å². The van der Waals surface area contributed by atoms with Gasteiger partial charge in [-0.15, -0.1) is 11.3 Å². The van der Waals surface area contributed by atoms with Crippen molar-refractivity contribution in [3.8, 4) is 11.3 Å². The lowest BCUT2D eigenvalue weighted by Crippen LogP contribution is -2.13. The van der Waals surface area contributed by atoms with E-state index in [0.717, 1.165) is 23.5 Å². The van der Waals surface area contributed by atoms with Gasteiger partial charge in [-0.05, 0) is 23.6 Å². The van der Waals surface area contributed by atoms with Gasteiger partial charge < -0.3 is 5.32 Å². The van der Waals surface area contributed by atoms with E-state index in [1.54, 1.807) is 23.5 Å². The fourth-order valence-electron chi connectivity index (χ4n) is 2.93. The number of nitrogens with one attached hydrogen (secondary N) is 1. The molecule has 0 unspecified atom stereocenters. The van der Waals surface area contributed by atoms with Crippen LogP contribution in [0.4, 0.5) is 4.39 Å². The molecule has 4 aromatic rings. The van der Waals surface area contributed by atoms with Crippen LogP contribution >= 0.6 is 22.9 Å². The van der Waals surface area contributed by atoms with Crippen LogP contribution in [0.1, 0.15) is 16.1 Å². The highest BCUT2D eigenvalue weighted by atomic mass is 35.5. The Balaban J connectivity index is 1.60. The maximum absolute atomic E-state index is 14.2. The molecule has 0 aliphatic carbocycles. The lowest BCUT2D eigenvalue weighted by molar-refractivity contribution is 0.543. The first-order valence-corrected chi connectivity index (χ1v) is 10.1. The van der Waals surface area contributed by atoms with E-state index in [0.29, 0.717) is 17.1 Å². The maximum atomic E-state index is 14.2. The van der Waals surface area contributed by atoms with E-state index in [4.69, 9.17) is 11.6 Å². The molecule has 1 N–H and O–H groups in total. The van der Waals surface area contributed by atoms with E-state index in [-0.39, 0.29) is 12.4 Å². The van der Waals surface area contributed by atoms with Gasteiger partial charge in [0.25, 0.3) is 0 Å². The molecule has 0 spiro atoms. The van der Waals surface area contributed by atoms with Gasteiger partial charge in [0, 0.05) is 34.1 Å². The van der Waals surface area contributed by atoms with Crippen LogP contribution < -0.4 is 5.32 Å². The molecule has 0 saturated heterocycles. The number of rotatable bonds is 7. The zero-order valence-electron chi connectivity index (χ0n) is 15.0. The molecular formula is C21H18ClFN4S. The molecule has 4 nitrogen and oxygen atoms in total. The number of nitrogens with zero attached hydrogens (tertiary/aromatic N) is 3. The van der Waals surface area contributed by atoms with Gasteiger partial charge in [-0.25, -0.2) is 4.39 Å². The van der Waals surface area contributed by atoms with Crippen molar-refractivity contribution >= 4 is 22.9 Å². The number of halogens is 2. The van der Waals surface area contributed by atoms with Gasteiger partial charge in [0.2, 0.25) is 0 Å². The summed E-state index contributed by atoms with van der Waals surface area (Å²) in [5.41, 5.74) is 2.96. The van der Waals surface area contributed by atoms with Gasteiger partial charge >= 0.3 is 0 Å². The molecule has 0 radical (unpaired) electrons. The van der Waals surface area contributed by atoms with Crippen LogP contribution in [0.5, 0.6) is 0 Å². The van der Waals surface area contributed by atoms with Crippen molar-refractivity contribution in [1.29, 1.82) is 0 Å². The topological polar surface area (TPSA) is 42.7 Å². The van der Waals surface area contributed by atoms with E-state index in [1.807, 2.05) is 36.4 Å². The molecule has 28 heavy (non-hydrogen) atoms. The average Bonchev–Trinajstić information content (AvgIpc) is 3.36. The summed E-state index contributed by atoms with van der Waals surface area (Å²) in [6.07, 6.45) is 0. The molecule has 142 valence electrons. The maximum Gasteiger partial charge on any atom is 0.129 e. The molecule has 2 aromatic heterocycles. The lowest BCUT2D eigenvalue weighted by atomic mass is 10.1. The van der Waals surface area contributed by atoms with E-state index < -0.39 is 0 Å². The third-order valence-corrected chi connectivity index (χ3v) is 5.54. The van der Waals surface area contributed by atoms with Crippen molar-refractivity contribution in [2.45, 2.75) is 19.6 Å². The molecule has 7 heteroatoms. The second-order valence-electron chi connectivity index (χ2n) is 6.27. The summed E-state index contributed by atoms with van der Waals surface area (Å²) in [5, 5.41) is 15.1. The number of benzene rings is 2. The van der Waals surface area contributed by atoms with Crippen molar-refractivity contribution in [3.05, 3.63) is 93.0 Å². The van der Waals surface area contributed by atoms with E-state index >= 15 is 0 Å². The second kappa shape index (κ2) is 8.65. The summed E-state index contributed by atoms with van der Waals surface area (Å²) in [6, 6.07) is 18.7. The third-order valence-electron chi connectivity index (χ3n) is 4.31. The normalized spacial score (nSPS) is 11.1. The van der Waals surface area contributed by atoms with Crippen LogP contribution in [0.15, 0.2) is 66.0 Å². The molecule has 0 fully saturated rings. The average molecular weight is 413 g/mol. The van der Waals surface area contributed by atoms with Crippen molar-refractivity contribution in [1.82, 2.24) is 20.3 Å². The Morgan fingerprint density at radius 1 is 0.964 bits per heavy atom. The smallest absolute Gasteiger partial charge is 0.129 e. The van der Waals surface area contributed by atoms with Crippen LogP contribution in [-0.2, 0) is 19.6 Å². The zero-order chi connectivity index (χ0) is 19.3. The highest BCUT2D eigenvalue weighted by molar-refractivity contribution is 7.09. The Kier molecular flexibility index (Phi) is 5.81. The molecule has 0 aliphatic rings. The Morgan fingerprint density at radius 3 is 2.57 bits per heavy atom. The molecule has 0 amide bonds. The SMILES string of the molecule is Fc1cccc(Cl)c1Cn1nc(CNCc2cccs2)c(-c2ccccc2)n1. The van der Waals surface area contributed by atoms with Crippen LogP contribution in [0, 0.1) is 5.82 Å². The summed E-state index contributed by atoms with van der Waals surface area (Å²) in [7, 11) is 0.